The van der Waals surface area contributed by atoms with Crippen LogP contribution in [0.15, 0.2) is 24.3 Å². The molecule has 1 aliphatic rings. The Bertz CT molecular complexity index is 392. The van der Waals surface area contributed by atoms with Gasteiger partial charge in [0.05, 0.1) is 18.3 Å². The molecule has 17 heavy (non-hydrogen) atoms. The van der Waals surface area contributed by atoms with Gasteiger partial charge >= 0.3 is 0 Å². The van der Waals surface area contributed by atoms with Gasteiger partial charge in [-0.05, 0) is 23.6 Å². The Labute approximate surface area is 108 Å². The third-order valence-electron chi connectivity index (χ3n) is 3.49. The molecule has 1 aromatic rings. The van der Waals surface area contributed by atoms with E-state index in [2.05, 4.69) is 13.8 Å². The highest BCUT2D eigenvalue weighted by Crippen LogP contribution is 2.37. The molecule has 1 fully saturated rings. The van der Waals surface area contributed by atoms with Crippen LogP contribution in [0.25, 0.3) is 0 Å². The molecule has 2 rings (SSSR count). The summed E-state index contributed by atoms with van der Waals surface area (Å²) in [5.74, 6) is 0.418. The topological polar surface area (TPSA) is 29.5 Å². The summed E-state index contributed by atoms with van der Waals surface area (Å²) in [7, 11) is 0. The molecule has 2 atom stereocenters. The maximum Gasteiger partial charge on any atom is 0.0943 e. The molecular weight excluding hydrogens is 236 g/mol. The summed E-state index contributed by atoms with van der Waals surface area (Å²) < 4.78 is 5.69. The van der Waals surface area contributed by atoms with Gasteiger partial charge in [0.2, 0.25) is 0 Å². The maximum absolute atomic E-state index is 10.7. The number of benzene rings is 1. The van der Waals surface area contributed by atoms with Crippen LogP contribution in [0.1, 0.15) is 32.3 Å². The quantitative estimate of drug-likeness (QED) is 0.877. The van der Waals surface area contributed by atoms with E-state index in [1.54, 1.807) is 0 Å². The van der Waals surface area contributed by atoms with E-state index in [0.29, 0.717) is 30.4 Å². The Morgan fingerprint density at radius 1 is 1.47 bits per heavy atom. The number of hydrogen-bond donors (Lipinski definition) is 1. The molecule has 1 N–H and O–H groups in total. The second kappa shape index (κ2) is 4.97. The number of halogens is 1. The fourth-order valence-electron chi connectivity index (χ4n) is 2.34. The molecule has 1 aromatic carbocycles. The van der Waals surface area contributed by atoms with E-state index in [4.69, 9.17) is 16.3 Å². The van der Waals surface area contributed by atoms with Crippen LogP contribution in [0.2, 0.25) is 5.02 Å². The molecule has 1 heterocycles. The van der Waals surface area contributed by atoms with E-state index in [0.717, 1.165) is 5.56 Å². The fraction of sp³-hybridized carbons (Fsp3) is 0.571. The average Bonchev–Trinajstić information content (AvgIpc) is 2.29. The summed E-state index contributed by atoms with van der Waals surface area (Å²) in [6, 6.07) is 7.50. The largest absolute Gasteiger partial charge is 0.385 e. The highest BCUT2D eigenvalue weighted by molar-refractivity contribution is 6.30. The number of ether oxygens (including phenoxy) is 1. The minimum Gasteiger partial charge on any atom is -0.385 e. The Morgan fingerprint density at radius 3 is 2.88 bits per heavy atom. The van der Waals surface area contributed by atoms with Gasteiger partial charge in [0.1, 0.15) is 0 Å². The van der Waals surface area contributed by atoms with Gasteiger partial charge < -0.3 is 9.84 Å². The van der Waals surface area contributed by atoms with Gasteiger partial charge in [0.25, 0.3) is 0 Å². The molecule has 1 aliphatic heterocycles. The SMILES string of the molecule is CC(C)C1CC(O)(c2cccc(Cl)c2)CCO1. The summed E-state index contributed by atoms with van der Waals surface area (Å²) >= 11 is 5.98. The lowest BCUT2D eigenvalue weighted by Crippen LogP contribution is -2.40. The molecule has 0 radical (unpaired) electrons. The molecule has 0 aliphatic carbocycles. The van der Waals surface area contributed by atoms with Crippen LogP contribution in [-0.4, -0.2) is 17.8 Å². The number of hydrogen-bond acceptors (Lipinski definition) is 2. The normalized spacial score (nSPS) is 29.6. The van der Waals surface area contributed by atoms with Crippen LogP contribution in [-0.2, 0) is 10.3 Å². The van der Waals surface area contributed by atoms with Crippen molar-refractivity contribution in [2.75, 3.05) is 6.61 Å². The van der Waals surface area contributed by atoms with Crippen molar-refractivity contribution in [2.24, 2.45) is 5.92 Å². The Morgan fingerprint density at radius 2 is 2.24 bits per heavy atom. The molecule has 0 amide bonds. The molecule has 94 valence electrons. The zero-order chi connectivity index (χ0) is 12.5. The summed E-state index contributed by atoms with van der Waals surface area (Å²) in [6.45, 7) is 4.84. The van der Waals surface area contributed by atoms with E-state index >= 15 is 0 Å². The van der Waals surface area contributed by atoms with Crippen molar-refractivity contribution < 1.29 is 9.84 Å². The lowest BCUT2D eigenvalue weighted by atomic mass is 9.81. The van der Waals surface area contributed by atoms with Crippen LogP contribution < -0.4 is 0 Å². The fourth-order valence-corrected chi connectivity index (χ4v) is 2.53. The summed E-state index contributed by atoms with van der Waals surface area (Å²) in [6.07, 6.45) is 1.40. The first-order chi connectivity index (χ1) is 8.01. The maximum atomic E-state index is 10.7. The predicted molar refractivity (Wildman–Crippen MR) is 69.2 cm³/mol. The van der Waals surface area contributed by atoms with Crippen molar-refractivity contribution in [3.63, 3.8) is 0 Å². The smallest absolute Gasteiger partial charge is 0.0943 e. The van der Waals surface area contributed by atoms with E-state index < -0.39 is 5.60 Å². The first-order valence-electron chi connectivity index (χ1n) is 6.11. The Balaban J connectivity index is 2.23. The predicted octanol–water partition coefficient (Wildman–Crippen LogP) is 3.36. The van der Waals surface area contributed by atoms with Crippen molar-refractivity contribution in [2.45, 2.75) is 38.4 Å². The molecule has 0 saturated carbocycles. The van der Waals surface area contributed by atoms with E-state index in [1.807, 2.05) is 24.3 Å². The Kier molecular flexibility index (Phi) is 3.76. The summed E-state index contributed by atoms with van der Waals surface area (Å²) in [4.78, 5) is 0. The lowest BCUT2D eigenvalue weighted by Gasteiger charge is -2.39. The summed E-state index contributed by atoms with van der Waals surface area (Å²) in [5.41, 5.74) is 0.108. The van der Waals surface area contributed by atoms with Crippen LogP contribution in [0.5, 0.6) is 0 Å². The minimum absolute atomic E-state index is 0.118. The molecule has 0 bridgehead atoms. The van der Waals surface area contributed by atoms with Gasteiger partial charge in [-0.1, -0.05) is 37.6 Å². The van der Waals surface area contributed by atoms with Gasteiger partial charge in [-0.25, -0.2) is 0 Å². The van der Waals surface area contributed by atoms with E-state index in [-0.39, 0.29) is 6.10 Å². The molecular formula is C14H19ClO2. The van der Waals surface area contributed by atoms with Gasteiger partial charge in [-0.15, -0.1) is 0 Å². The van der Waals surface area contributed by atoms with Crippen LogP contribution in [0.3, 0.4) is 0 Å². The van der Waals surface area contributed by atoms with E-state index in [9.17, 15) is 5.11 Å². The van der Waals surface area contributed by atoms with Crippen molar-refractivity contribution in [1.29, 1.82) is 0 Å². The van der Waals surface area contributed by atoms with Gasteiger partial charge in [-0.3, -0.25) is 0 Å². The monoisotopic (exact) mass is 254 g/mol. The second-order valence-electron chi connectivity index (χ2n) is 5.15. The first-order valence-corrected chi connectivity index (χ1v) is 6.49. The van der Waals surface area contributed by atoms with Crippen LogP contribution in [0, 0.1) is 5.92 Å². The van der Waals surface area contributed by atoms with Gasteiger partial charge in [0, 0.05) is 17.9 Å². The zero-order valence-electron chi connectivity index (χ0n) is 10.3. The molecule has 2 unspecified atom stereocenters. The van der Waals surface area contributed by atoms with Crippen LogP contribution >= 0.6 is 11.6 Å². The number of aliphatic hydroxyl groups is 1. The highest BCUT2D eigenvalue weighted by atomic mass is 35.5. The standard InChI is InChI=1S/C14H19ClO2/c1-10(2)13-9-14(16,6-7-17-13)11-4-3-5-12(15)8-11/h3-5,8,10,13,16H,6-7,9H2,1-2H3. The van der Waals surface area contributed by atoms with Crippen molar-refractivity contribution >= 4 is 11.6 Å². The second-order valence-corrected chi connectivity index (χ2v) is 5.59. The first kappa shape index (κ1) is 12.9. The zero-order valence-corrected chi connectivity index (χ0v) is 11.1. The van der Waals surface area contributed by atoms with Crippen molar-refractivity contribution in [3.8, 4) is 0 Å². The van der Waals surface area contributed by atoms with Gasteiger partial charge in [0.15, 0.2) is 0 Å². The lowest BCUT2D eigenvalue weighted by molar-refractivity contribution is -0.121. The number of rotatable bonds is 2. The van der Waals surface area contributed by atoms with E-state index in [1.165, 1.54) is 0 Å². The molecule has 2 nitrogen and oxygen atoms in total. The van der Waals surface area contributed by atoms with Crippen LogP contribution in [0.4, 0.5) is 0 Å². The third kappa shape index (κ3) is 2.82. The average molecular weight is 255 g/mol. The molecule has 1 saturated heterocycles. The molecule has 0 aromatic heterocycles. The molecule has 3 heteroatoms. The minimum atomic E-state index is -0.794. The van der Waals surface area contributed by atoms with Crippen molar-refractivity contribution in [3.05, 3.63) is 34.9 Å². The van der Waals surface area contributed by atoms with Crippen molar-refractivity contribution in [1.82, 2.24) is 0 Å². The molecule has 0 spiro atoms. The summed E-state index contributed by atoms with van der Waals surface area (Å²) in [5, 5.41) is 11.4. The highest BCUT2D eigenvalue weighted by Gasteiger charge is 2.37. The van der Waals surface area contributed by atoms with Gasteiger partial charge in [-0.2, -0.15) is 0 Å². The Hall–Kier alpha value is -0.570. The third-order valence-corrected chi connectivity index (χ3v) is 3.73.